The molecule has 2 heterocycles. The summed E-state index contributed by atoms with van der Waals surface area (Å²) in [5.41, 5.74) is 3.27. The van der Waals surface area contributed by atoms with Gasteiger partial charge in [-0.1, -0.05) is 42.9 Å². The van der Waals surface area contributed by atoms with Gasteiger partial charge in [0.2, 0.25) is 11.7 Å². The molecule has 0 aliphatic heterocycles. The first-order chi connectivity index (χ1) is 14.6. The quantitative estimate of drug-likeness (QED) is 0.454. The van der Waals surface area contributed by atoms with Gasteiger partial charge in [-0.05, 0) is 56.5 Å². The van der Waals surface area contributed by atoms with E-state index >= 15 is 0 Å². The monoisotopic (exact) mass is 423 g/mol. The molecule has 1 N–H and O–H groups in total. The molecule has 158 valence electrons. The highest BCUT2D eigenvalue weighted by atomic mass is 32.1. The highest BCUT2D eigenvalue weighted by molar-refractivity contribution is 7.80. The first-order valence-electron chi connectivity index (χ1n) is 10.4. The molecular weight excluding hydrogens is 394 g/mol. The van der Waals surface area contributed by atoms with Crippen LogP contribution in [-0.4, -0.2) is 37.6 Å². The Hall–Kier alpha value is -2.80. The normalized spacial score (nSPS) is 10.9. The van der Waals surface area contributed by atoms with Gasteiger partial charge in [0.25, 0.3) is 0 Å². The van der Waals surface area contributed by atoms with Gasteiger partial charge in [0.05, 0.1) is 18.1 Å². The third kappa shape index (κ3) is 6.10. The van der Waals surface area contributed by atoms with Crippen LogP contribution in [0.3, 0.4) is 0 Å². The van der Waals surface area contributed by atoms with Crippen molar-refractivity contribution < 1.29 is 4.52 Å². The van der Waals surface area contributed by atoms with Gasteiger partial charge in [-0.2, -0.15) is 4.98 Å². The first-order valence-corrected chi connectivity index (χ1v) is 10.8. The lowest BCUT2D eigenvalue weighted by Crippen LogP contribution is -2.38. The summed E-state index contributed by atoms with van der Waals surface area (Å²) in [5, 5.41) is 7.49. The van der Waals surface area contributed by atoms with E-state index in [2.05, 4.69) is 70.4 Å². The second-order valence-electron chi connectivity index (χ2n) is 7.52. The van der Waals surface area contributed by atoms with Gasteiger partial charge in [0.15, 0.2) is 0 Å². The third-order valence-corrected chi connectivity index (χ3v) is 5.23. The standard InChI is InChI=1S/C23H29N5OS/c1-4-5-7-18-9-11-20(12-10-18)25-15-22(30)28(17(2)3)16-21-26-23(27-29-21)19-8-6-13-24-14-19/h6,8-14,17,25H,4-5,7,15-16H2,1-3H3. The molecule has 0 bridgehead atoms. The molecule has 0 spiro atoms. The molecule has 7 heteroatoms. The van der Waals surface area contributed by atoms with Crippen molar-refractivity contribution in [2.24, 2.45) is 0 Å². The van der Waals surface area contributed by atoms with Crippen LogP contribution in [0.5, 0.6) is 0 Å². The molecule has 0 saturated carbocycles. The molecule has 0 radical (unpaired) electrons. The molecule has 30 heavy (non-hydrogen) atoms. The Morgan fingerprint density at radius 1 is 1.20 bits per heavy atom. The van der Waals surface area contributed by atoms with Crippen molar-refractivity contribution in [1.29, 1.82) is 0 Å². The van der Waals surface area contributed by atoms with E-state index in [9.17, 15) is 0 Å². The predicted molar refractivity (Wildman–Crippen MR) is 124 cm³/mol. The average molecular weight is 424 g/mol. The summed E-state index contributed by atoms with van der Waals surface area (Å²) < 4.78 is 5.45. The topological polar surface area (TPSA) is 67.1 Å². The van der Waals surface area contributed by atoms with E-state index in [-0.39, 0.29) is 6.04 Å². The molecule has 0 aliphatic rings. The molecular formula is C23H29N5OS. The highest BCUT2D eigenvalue weighted by Gasteiger charge is 2.18. The Kier molecular flexibility index (Phi) is 7.90. The Morgan fingerprint density at radius 3 is 2.67 bits per heavy atom. The van der Waals surface area contributed by atoms with Crippen LogP contribution in [0.2, 0.25) is 0 Å². The number of hydrogen-bond donors (Lipinski definition) is 1. The molecule has 1 aromatic carbocycles. The summed E-state index contributed by atoms with van der Waals surface area (Å²) in [7, 11) is 0. The number of rotatable bonds is 10. The number of pyridine rings is 1. The van der Waals surface area contributed by atoms with Crippen molar-refractivity contribution in [1.82, 2.24) is 20.0 Å². The molecule has 0 saturated heterocycles. The maximum atomic E-state index is 5.70. The molecule has 0 atom stereocenters. The minimum Gasteiger partial charge on any atom is -0.379 e. The lowest BCUT2D eigenvalue weighted by atomic mass is 10.1. The number of aryl methyl sites for hydroxylation is 1. The van der Waals surface area contributed by atoms with Crippen LogP contribution in [0.15, 0.2) is 53.3 Å². The van der Waals surface area contributed by atoms with Crippen molar-refractivity contribution in [3.8, 4) is 11.4 Å². The smallest absolute Gasteiger partial charge is 0.246 e. The summed E-state index contributed by atoms with van der Waals surface area (Å²) in [5.74, 6) is 1.07. The average Bonchev–Trinajstić information content (AvgIpc) is 3.24. The maximum Gasteiger partial charge on any atom is 0.246 e. The molecule has 2 aromatic heterocycles. The van der Waals surface area contributed by atoms with E-state index in [1.807, 2.05) is 12.1 Å². The van der Waals surface area contributed by atoms with Crippen LogP contribution in [0.4, 0.5) is 5.69 Å². The number of unbranched alkanes of at least 4 members (excludes halogenated alkanes) is 1. The number of anilines is 1. The van der Waals surface area contributed by atoms with Gasteiger partial charge in [0.1, 0.15) is 0 Å². The number of hydrogen-bond acceptors (Lipinski definition) is 6. The molecule has 0 aliphatic carbocycles. The molecule has 6 nitrogen and oxygen atoms in total. The fourth-order valence-corrected chi connectivity index (χ4v) is 3.43. The van der Waals surface area contributed by atoms with E-state index in [0.717, 1.165) is 22.7 Å². The van der Waals surface area contributed by atoms with Gasteiger partial charge in [0, 0.05) is 29.7 Å². The zero-order chi connectivity index (χ0) is 21.3. The molecule has 3 rings (SSSR count). The fourth-order valence-electron chi connectivity index (χ4n) is 3.09. The van der Waals surface area contributed by atoms with E-state index in [4.69, 9.17) is 16.7 Å². The van der Waals surface area contributed by atoms with Crippen LogP contribution in [-0.2, 0) is 13.0 Å². The number of thiocarbonyl (C=S) groups is 1. The zero-order valence-electron chi connectivity index (χ0n) is 17.8. The van der Waals surface area contributed by atoms with E-state index in [1.165, 1.54) is 18.4 Å². The first kappa shape index (κ1) is 21.9. The fraction of sp³-hybridized carbons (Fsp3) is 0.391. The second kappa shape index (κ2) is 10.8. The third-order valence-electron chi connectivity index (χ3n) is 4.85. The number of benzene rings is 1. The van der Waals surface area contributed by atoms with Crippen LogP contribution < -0.4 is 5.32 Å². The van der Waals surface area contributed by atoms with Crippen LogP contribution >= 0.6 is 12.2 Å². The van der Waals surface area contributed by atoms with E-state index in [1.54, 1.807) is 12.4 Å². The predicted octanol–water partition coefficient (Wildman–Crippen LogP) is 5.12. The van der Waals surface area contributed by atoms with Crippen LogP contribution in [0.1, 0.15) is 45.1 Å². The van der Waals surface area contributed by atoms with E-state index < -0.39 is 0 Å². The Labute approximate surface area is 183 Å². The highest BCUT2D eigenvalue weighted by Crippen LogP contribution is 2.16. The Bertz CT molecular complexity index is 924. The number of nitrogens with zero attached hydrogens (tertiary/aromatic N) is 4. The Morgan fingerprint density at radius 2 is 2.00 bits per heavy atom. The lowest BCUT2D eigenvalue weighted by molar-refractivity contribution is 0.281. The van der Waals surface area contributed by atoms with Gasteiger partial charge in [-0.15, -0.1) is 0 Å². The molecule has 3 aromatic rings. The van der Waals surface area contributed by atoms with E-state index in [0.29, 0.717) is 24.8 Å². The van der Waals surface area contributed by atoms with Crippen molar-refractivity contribution in [3.63, 3.8) is 0 Å². The van der Waals surface area contributed by atoms with Gasteiger partial charge in [-0.3, -0.25) is 4.98 Å². The maximum absolute atomic E-state index is 5.70. The minimum atomic E-state index is 0.212. The molecule has 0 unspecified atom stereocenters. The summed E-state index contributed by atoms with van der Waals surface area (Å²) in [4.78, 5) is 11.5. The van der Waals surface area contributed by atoms with Crippen molar-refractivity contribution in [3.05, 3.63) is 60.2 Å². The van der Waals surface area contributed by atoms with Gasteiger partial charge >= 0.3 is 0 Å². The SMILES string of the molecule is CCCCc1ccc(NCC(=S)N(Cc2nc(-c3cccnc3)no2)C(C)C)cc1. The largest absolute Gasteiger partial charge is 0.379 e. The summed E-state index contributed by atoms with van der Waals surface area (Å²) >= 11 is 5.70. The van der Waals surface area contributed by atoms with Gasteiger partial charge in [-0.25, -0.2) is 0 Å². The van der Waals surface area contributed by atoms with Crippen LogP contribution in [0.25, 0.3) is 11.4 Å². The summed E-state index contributed by atoms with van der Waals surface area (Å²) in [6, 6.07) is 12.6. The van der Waals surface area contributed by atoms with Crippen molar-refractivity contribution in [2.75, 3.05) is 11.9 Å². The summed E-state index contributed by atoms with van der Waals surface area (Å²) in [6.45, 7) is 7.47. The van der Waals surface area contributed by atoms with Gasteiger partial charge < -0.3 is 14.7 Å². The minimum absolute atomic E-state index is 0.212. The molecule has 0 amide bonds. The zero-order valence-corrected chi connectivity index (χ0v) is 18.7. The van der Waals surface area contributed by atoms with Crippen LogP contribution in [0, 0.1) is 0 Å². The summed E-state index contributed by atoms with van der Waals surface area (Å²) in [6.07, 6.45) is 7.00. The number of nitrogens with one attached hydrogen (secondary N) is 1. The number of aromatic nitrogens is 3. The Balaban J connectivity index is 1.58. The van der Waals surface area contributed by atoms with Crippen molar-refractivity contribution in [2.45, 2.75) is 52.6 Å². The van der Waals surface area contributed by atoms with Crippen molar-refractivity contribution >= 4 is 22.9 Å². The lowest BCUT2D eigenvalue weighted by Gasteiger charge is -2.28. The second-order valence-corrected chi connectivity index (χ2v) is 7.99. The molecule has 0 fully saturated rings.